The number of thiazole rings is 1. The molecule has 0 fully saturated rings. The molecule has 23 heavy (non-hydrogen) atoms. The third kappa shape index (κ3) is 3.68. The van der Waals surface area contributed by atoms with Crippen molar-refractivity contribution in [2.75, 3.05) is 0 Å². The molecule has 0 atom stereocenters. The molecule has 5 heteroatoms. The highest BCUT2D eigenvalue weighted by molar-refractivity contribution is 7.09. The van der Waals surface area contributed by atoms with E-state index in [4.69, 9.17) is 4.42 Å². The molecule has 0 saturated heterocycles. The fourth-order valence-electron chi connectivity index (χ4n) is 2.25. The van der Waals surface area contributed by atoms with Crippen LogP contribution in [0.25, 0.3) is 11.3 Å². The van der Waals surface area contributed by atoms with E-state index < -0.39 is 0 Å². The zero-order valence-electron chi connectivity index (χ0n) is 13.1. The molecule has 1 aromatic carbocycles. The van der Waals surface area contributed by atoms with Gasteiger partial charge < -0.3 is 9.73 Å². The Bertz CT molecular complexity index is 803. The Hall–Kier alpha value is -2.40. The SMILES string of the molecule is CCc1nc(-c2ccc(C(=O)NCc3ccc(C)o3)cc2)cs1. The van der Waals surface area contributed by atoms with E-state index in [9.17, 15) is 4.79 Å². The van der Waals surface area contributed by atoms with Gasteiger partial charge in [-0.3, -0.25) is 4.79 Å². The summed E-state index contributed by atoms with van der Waals surface area (Å²) in [6, 6.07) is 11.3. The molecule has 3 rings (SSSR count). The lowest BCUT2D eigenvalue weighted by Gasteiger charge is -2.04. The van der Waals surface area contributed by atoms with E-state index in [1.165, 1.54) is 0 Å². The lowest BCUT2D eigenvalue weighted by molar-refractivity contribution is 0.0948. The Kier molecular flexibility index (Phi) is 4.57. The van der Waals surface area contributed by atoms with Gasteiger partial charge in [0.2, 0.25) is 0 Å². The molecule has 2 heterocycles. The second-order valence-corrected chi connectivity index (χ2v) is 6.20. The molecule has 0 radical (unpaired) electrons. The number of nitrogens with zero attached hydrogens (tertiary/aromatic N) is 1. The number of benzene rings is 1. The predicted octanol–water partition coefficient (Wildman–Crippen LogP) is 4.20. The number of carbonyl (C=O) groups excluding carboxylic acids is 1. The number of aromatic nitrogens is 1. The number of nitrogens with one attached hydrogen (secondary N) is 1. The van der Waals surface area contributed by atoms with Gasteiger partial charge in [-0.1, -0.05) is 19.1 Å². The maximum absolute atomic E-state index is 12.2. The molecule has 0 saturated carbocycles. The van der Waals surface area contributed by atoms with Crippen molar-refractivity contribution in [2.45, 2.75) is 26.8 Å². The van der Waals surface area contributed by atoms with Crippen LogP contribution in [0.1, 0.15) is 33.8 Å². The van der Waals surface area contributed by atoms with E-state index in [2.05, 4.69) is 17.2 Å². The first-order valence-corrected chi connectivity index (χ1v) is 8.42. The standard InChI is InChI=1S/C18H18N2O2S/c1-3-17-20-16(11-23-17)13-5-7-14(8-6-13)18(21)19-10-15-9-4-12(2)22-15/h4-9,11H,3,10H2,1-2H3,(H,19,21). The summed E-state index contributed by atoms with van der Waals surface area (Å²) in [5.74, 6) is 1.48. The highest BCUT2D eigenvalue weighted by Gasteiger charge is 2.08. The van der Waals surface area contributed by atoms with Crippen LogP contribution in [0.4, 0.5) is 0 Å². The molecule has 118 valence electrons. The van der Waals surface area contributed by atoms with E-state index >= 15 is 0 Å². The monoisotopic (exact) mass is 326 g/mol. The van der Waals surface area contributed by atoms with Crippen molar-refractivity contribution in [3.05, 3.63) is 63.9 Å². The predicted molar refractivity (Wildman–Crippen MR) is 91.5 cm³/mol. The second kappa shape index (κ2) is 6.79. The summed E-state index contributed by atoms with van der Waals surface area (Å²) in [5, 5.41) is 6.02. The van der Waals surface area contributed by atoms with Gasteiger partial charge in [0.1, 0.15) is 11.5 Å². The number of furan rings is 1. The zero-order chi connectivity index (χ0) is 16.2. The van der Waals surface area contributed by atoms with Gasteiger partial charge in [-0.25, -0.2) is 4.98 Å². The number of hydrogen-bond donors (Lipinski definition) is 1. The second-order valence-electron chi connectivity index (χ2n) is 5.25. The number of amides is 1. The Morgan fingerprint density at radius 2 is 2.00 bits per heavy atom. The van der Waals surface area contributed by atoms with Gasteiger partial charge in [-0.15, -0.1) is 11.3 Å². The summed E-state index contributed by atoms with van der Waals surface area (Å²) in [5.41, 5.74) is 2.62. The summed E-state index contributed by atoms with van der Waals surface area (Å²) in [6.45, 7) is 4.36. The largest absolute Gasteiger partial charge is 0.465 e. The molecular formula is C18H18N2O2S. The first-order chi connectivity index (χ1) is 11.2. The molecule has 0 aliphatic rings. The summed E-state index contributed by atoms with van der Waals surface area (Å²) in [7, 11) is 0. The Morgan fingerprint density at radius 3 is 2.61 bits per heavy atom. The maximum Gasteiger partial charge on any atom is 0.251 e. The zero-order valence-corrected chi connectivity index (χ0v) is 13.9. The van der Waals surface area contributed by atoms with Crippen LogP contribution in [-0.2, 0) is 13.0 Å². The first kappa shape index (κ1) is 15.5. The van der Waals surface area contributed by atoms with Crippen molar-refractivity contribution < 1.29 is 9.21 Å². The van der Waals surface area contributed by atoms with Crippen molar-refractivity contribution in [3.63, 3.8) is 0 Å². The Morgan fingerprint density at radius 1 is 1.22 bits per heavy atom. The van der Waals surface area contributed by atoms with Crippen molar-refractivity contribution in [2.24, 2.45) is 0 Å². The van der Waals surface area contributed by atoms with Crippen LogP contribution in [0.5, 0.6) is 0 Å². The van der Waals surface area contributed by atoms with Gasteiger partial charge in [-0.05, 0) is 37.6 Å². The molecule has 0 unspecified atom stereocenters. The first-order valence-electron chi connectivity index (χ1n) is 7.54. The van der Waals surface area contributed by atoms with Crippen molar-refractivity contribution in [1.82, 2.24) is 10.3 Å². The van der Waals surface area contributed by atoms with Crippen LogP contribution in [0.3, 0.4) is 0 Å². The van der Waals surface area contributed by atoms with Gasteiger partial charge in [0.05, 0.1) is 17.2 Å². The van der Waals surface area contributed by atoms with Crippen LogP contribution in [0, 0.1) is 6.92 Å². The molecule has 0 spiro atoms. The number of carbonyl (C=O) groups is 1. The van der Waals surface area contributed by atoms with E-state index in [1.807, 2.05) is 48.7 Å². The molecule has 0 aliphatic heterocycles. The van der Waals surface area contributed by atoms with Crippen LogP contribution >= 0.6 is 11.3 Å². The molecule has 1 amide bonds. The smallest absolute Gasteiger partial charge is 0.251 e. The summed E-state index contributed by atoms with van der Waals surface area (Å²) < 4.78 is 5.44. The molecule has 3 aromatic rings. The van der Waals surface area contributed by atoms with Gasteiger partial charge >= 0.3 is 0 Å². The van der Waals surface area contributed by atoms with E-state index in [0.717, 1.165) is 34.2 Å². The van der Waals surface area contributed by atoms with Crippen molar-refractivity contribution >= 4 is 17.2 Å². The highest BCUT2D eigenvalue weighted by atomic mass is 32.1. The molecule has 2 aromatic heterocycles. The van der Waals surface area contributed by atoms with E-state index in [0.29, 0.717) is 12.1 Å². The normalized spacial score (nSPS) is 10.7. The van der Waals surface area contributed by atoms with Crippen molar-refractivity contribution in [1.29, 1.82) is 0 Å². The van der Waals surface area contributed by atoms with Crippen LogP contribution in [-0.4, -0.2) is 10.9 Å². The quantitative estimate of drug-likeness (QED) is 0.764. The third-order valence-corrected chi connectivity index (χ3v) is 4.51. The minimum absolute atomic E-state index is 0.113. The molecule has 0 bridgehead atoms. The number of aryl methyl sites for hydroxylation is 2. The van der Waals surface area contributed by atoms with Crippen LogP contribution in [0.2, 0.25) is 0 Å². The topological polar surface area (TPSA) is 55.1 Å². The van der Waals surface area contributed by atoms with Gasteiger partial charge in [0.15, 0.2) is 0 Å². The average Bonchev–Trinajstić information content (AvgIpc) is 3.21. The van der Waals surface area contributed by atoms with Crippen molar-refractivity contribution in [3.8, 4) is 11.3 Å². The lowest BCUT2D eigenvalue weighted by Crippen LogP contribution is -2.22. The third-order valence-electron chi connectivity index (χ3n) is 3.52. The van der Waals surface area contributed by atoms with Crippen LogP contribution < -0.4 is 5.32 Å². The summed E-state index contributed by atoms with van der Waals surface area (Å²) in [4.78, 5) is 16.7. The van der Waals surface area contributed by atoms with Gasteiger partial charge in [-0.2, -0.15) is 0 Å². The average molecular weight is 326 g/mol. The fraction of sp³-hybridized carbons (Fsp3) is 0.222. The van der Waals surface area contributed by atoms with E-state index in [-0.39, 0.29) is 5.91 Å². The minimum Gasteiger partial charge on any atom is -0.465 e. The minimum atomic E-state index is -0.113. The lowest BCUT2D eigenvalue weighted by atomic mass is 10.1. The maximum atomic E-state index is 12.2. The van der Waals surface area contributed by atoms with Crippen LogP contribution in [0.15, 0.2) is 46.2 Å². The number of hydrogen-bond acceptors (Lipinski definition) is 4. The molecular weight excluding hydrogens is 308 g/mol. The Labute approximate surface area is 139 Å². The van der Waals surface area contributed by atoms with E-state index in [1.54, 1.807) is 11.3 Å². The number of rotatable bonds is 5. The van der Waals surface area contributed by atoms with Gasteiger partial charge in [0.25, 0.3) is 5.91 Å². The van der Waals surface area contributed by atoms with Gasteiger partial charge in [0, 0.05) is 16.5 Å². The molecule has 4 nitrogen and oxygen atoms in total. The summed E-state index contributed by atoms with van der Waals surface area (Å²) in [6.07, 6.45) is 0.942. The highest BCUT2D eigenvalue weighted by Crippen LogP contribution is 2.22. The molecule has 1 N–H and O–H groups in total. The summed E-state index contributed by atoms with van der Waals surface area (Å²) >= 11 is 1.66. The molecule has 0 aliphatic carbocycles. The Balaban J connectivity index is 1.65. The fourth-order valence-corrected chi connectivity index (χ4v) is 3.00.